The number of furan rings is 2. The fourth-order valence-corrected chi connectivity index (χ4v) is 7.80. The number of rotatable bonds is 35. The molecule has 2 atom stereocenters. The topological polar surface area (TPSA) is 161 Å². The van der Waals surface area contributed by atoms with E-state index in [1.54, 1.807) is 0 Å². The first kappa shape index (κ1) is 50.7. The van der Waals surface area contributed by atoms with Crippen LogP contribution in [0.3, 0.4) is 0 Å². The van der Waals surface area contributed by atoms with Gasteiger partial charge in [-0.2, -0.15) is 0 Å². The molecule has 0 amide bonds. The summed E-state index contributed by atoms with van der Waals surface area (Å²) < 4.78 is 45.2. The quantitative estimate of drug-likeness (QED) is 0.0387. The predicted molar refractivity (Wildman–Crippen MR) is 226 cm³/mol. The zero-order valence-electron chi connectivity index (χ0n) is 36.5. The van der Waals surface area contributed by atoms with Crippen molar-refractivity contribution >= 4 is 19.8 Å². The van der Waals surface area contributed by atoms with Crippen LogP contribution < -0.4 is 5.73 Å². The minimum atomic E-state index is -4.40. The SMILES string of the molecule is CCCCCc1oc(CCCCCCCCCCC(=O)OC[C@H](COP(=O)(O)OCCN)OC(=O)CCCCCCCCc2oc(CCC)c(C)c2C)c(C)c1C. The summed E-state index contributed by atoms with van der Waals surface area (Å²) in [5.41, 5.74) is 10.6. The van der Waals surface area contributed by atoms with E-state index in [-0.39, 0.29) is 32.6 Å². The molecule has 12 heteroatoms. The van der Waals surface area contributed by atoms with Gasteiger partial charge >= 0.3 is 19.8 Å². The molecule has 0 spiro atoms. The highest BCUT2D eigenvalue weighted by atomic mass is 31.2. The van der Waals surface area contributed by atoms with Gasteiger partial charge in [-0.3, -0.25) is 18.6 Å². The van der Waals surface area contributed by atoms with Crippen LogP contribution in [-0.4, -0.2) is 49.3 Å². The Hall–Kier alpha value is -2.43. The molecule has 0 saturated carbocycles. The molecule has 57 heavy (non-hydrogen) atoms. The molecule has 0 aliphatic heterocycles. The number of unbranched alkanes of at least 4 members (excludes halogenated alkanes) is 14. The number of phosphoric acid groups is 1. The van der Waals surface area contributed by atoms with Crippen molar-refractivity contribution in [3.05, 3.63) is 45.3 Å². The molecule has 0 fully saturated rings. The van der Waals surface area contributed by atoms with Crippen LogP contribution in [-0.2, 0) is 58.4 Å². The second kappa shape index (κ2) is 29.7. The summed E-state index contributed by atoms with van der Waals surface area (Å²) in [4.78, 5) is 35.1. The third kappa shape index (κ3) is 21.4. The van der Waals surface area contributed by atoms with Crippen LogP contribution in [0, 0.1) is 27.7 Å². The van der Waals surface area contributed by atoms with Crippen molar-refractivity contribution in [2.24, 2.45) is 5.73 Å². The van der Waals surface area contributed by atoms with Gasteiger partial charge in [-0.25, -0.2) is 4.57 Å². The minimum Gasteiger partial charge on any atom is -0.466 e. The van der Waals surface area contributed by atoms with Gasteiger partial charge in [-0.05, 0) is 88.5 Å². The summed E-state index contributed by atoms with van der Waals surface area (Å²) in [7, 11) is -4.40. The fraction of sp³-hybridized carbons (Fsp3) is 0.778. The molecule has 3 N–H and O–H groups in total. The Morgan fingerprint density at radius 3 is 1.46 bits per heavy atom. The first-order chi connectivity index (χ1) is 27.4. The third-order valence-electron chi connectivity index (χ3n) is 10.9. The molecular weight excluding hydrogens is 745 g/mol. The van der Waals surface area contributed by atoms with Crippen LogP contribution >= 0.6 is 7.82 Å². The van der Waals surface area contributed by atoms with Gasteiger partial charge in [0.15, 0.2) is 6.10 Å². The lowest BCUT2D eigenvalue weighted by Crippen LogP contribution is -2.29. The molecule has 2 rings (SSSR count). The van der Waals surface area contributed by atoms with Gasteiger partial charge in [-0.1, -0.05) is 90.9 Å². The van der Waals surface area contributed by atoms with E-state index >= 15 is 0 Å². The Morgan fingerprint density at radius 1 is 0.579 bits per heavy atom. The minimum absolute atomic E-state index is 0.0408. The highest BCUT2D eigenvalue weighted by molar-refractivity contribution is 7.47. The zero-order valence-corrected chi connectivity index (χ0v) is 37.4. The van der Waals surface area contributed by atoms with Gasteiger partial charge in [0, 0.05) is 45.1 Å². The van der Waals surface area contributed by atoms with Crippen LogP contribution in [0.4, 0.5) is 0 Å². The largest absolute Gasteiger partial charge is 0.472 e. The van der Waals surface area contributed by atoms with Crippen LogP contribution in [0.25, 0.3) is 0 Å². The highest BCUT2D eigenvalue weighted by Gasteiger charge is 2.26. The van der Waals surface area contributed by atoms with Gasteiger partial charge in [-0.15, -0.1) is 0 Å². The fourth-order valence-electron chi connectivity index (χ4n) is 7.04. The lowest BCUT2D eigenvalue weighted by Gasteiger charge is -2.19. The Kier molecular flexibility index (Phi) is 26.4. The smallest absolute Gasteiger partial charge is 0.466 e. The monoisotopic (exact) mass is 824 g/mol. The molecule has 0 aromatic carbocycles. The number of hydrogen-bond donors (Lipinski definition) is 2. The van der Waals surface area contributed by atoms with E-state index in [0.29, 0.717) is 12.8 Å². The maximum absolute atomic E-state index is 12.7. The number of aryl methyl sites for hydroxylation is 4. The van der Waals surface area contributed by atoms with E-state index in [0.717, 1.165) is 107 Å². The van der Waals surface area contributed by atoms with Crippen molar-refractivity contribution in [2.45, 2.75) is 202 Å². The van der Waals surface area contributed by atoms with E-state index in [1.165, 1.54) is 66.5 Å². The first-order valence-corrected chi connectivity index (χ1v) is 23.7. The van der Waals surface area contributed by atoms with Gasteiger partial charge < -0.3 is 28.9 Å². The average Bonchev–Trinajstić information content (AvgIpc) is 3.61. The lowest BCUT2D eigenvalue weighted by atomic mass is 10.0. The third-order valence-corrected chi connectivity index (χ3v) is 11.9. The van der Waals surface area contributed by atoms with Crippen molar-refractivity contribution in [1.29, 1.82) is 0 Å². The van der Waals surface area contributed by atoms with Crippen molar-refractivity contribution in [3.63, 3.8) is 0 Å². The summed E-state index contributed by atoms with van der Waals surface area (Å²) in [5.74, 6) is 3.68. The van der Waals surface area contributed by atoms with E-state index < -0.39 is 32.5 Å². The number of carbonyl (C=O) groups excluding carboxylic acids is 2. The summed E-state index contributed by atoms with van der Waals surface area (Å²) in [5, 5.41) is 0. The second-order valence-corrected chi connectivity index (χ2v) is 17.2. The maximum Gasteiger partial charge on any atom is 0.472 e. The second-order valence-electron chi connectivity index (χ2n) is 15.7. The number of ether oxygens (including phenoxy) is 2. The Balaban J connectivity index is 1.61. The molecule has 0 bridgehead atoms. The number of hydrogen-bond acceptors (Lipinski definition) is 10. The van der Waals surface area contributed by atoms with Crippen LogP contribution in [0.2, 0.25) is 0 Å². The van der Waals surface area contributed by atoms with Crippen LogP contribution in [0.15, 0.2) is 8.83 Å². The molecule has 1 unspecified atom stereocenters. The van der Waals surface area contributed by atoms with Crippen LogP contribution in [0.5, 0.6) is 0 Å². The van der Waals surface area contributed by atoms with Crippen molar-refractivity contribution in [1.82, 2.24) is 0 Å². The normalized spacial score (nSPS) is 13.2. The molecule has 0 aliphatic rings. The summed E-state index contributed by atoms with van der Waals surface area (Å²) >= 11 is 0. The summed E-state index contributed by atoms with van der Waals surface area (Å²) in [6, 6.07) is 0. The van der Waals surface area contributed by atoms with E-state index in [1.807, 2.05) is 0 Å². The summed E-state index contributed by atoms with van der Waals surface area (Å²) in [6.07, 6.45) is 22.4. The molecule has 11 nitrogen and oxygen atoms in total. The molecule has 2 heterocycles. The molecule has 328 valence electrons. The average molecular weight is 824 g/mol. The summed E-state index contributed by atoms with van der Waals surface area (Å²) in [6.45, 7) is 12.2. The standard InChI is InChI=1S/C45H78NO10P/c1-7-9-20-26-41-37(5)38(6)43(56-41)28-21-16-12-10-11-13-18-23-29-44(47)51-33-39(34-53-57(49,50)52-32-31-46)54-45(48)30-24-19-15-14-17-22-27-42-36(4)35(3)40(55-42)25-8-2/h39H,7-34,46H2,1-6H3,(H,49,50)/t39-/m1/s1. The lowest BCUT2D eigenvalue weighted by molar-refractivity contribution is -0.161. The van der Waals surface area contributed by atoms with Gasteiger partial charge in [0.25, 0.3) is 0 Å². The van der Waals surface area contributed by atoms with Crippen molar-refractivity contribution in [2.75, 3.05) is 26.4 Å². The number of nitrogens with two attached hydrogens (primary N) is 1. The van der Waals surface area contributed by atoms with Gasteiger partial charge in [0.05, 0.1) is 13.2 Å². The predicted octanol–water partition coefficient (Wildman–Crippen LogP) is 11.4. The molecule has 0 aliphatic carbocycles. The van der Waals surface area contributed by atoms with Gasteiger partial charge in [0.1, 0.15) is 29.6 Å². The molecule has 2 aromatic heterocycles. The van der Waals surface area contributed by atoms with Crippen LogP contribution in [0.1, 0.15) is 188 Å². The number of carbonyl (C=O) groups is 2. The highest BCUT2D eigenvalue weighted by Crippen LogP contribution is 2.43. The van der Waals surface area contributed by atoms with E-state index in [4.69, 9.17) is 33.1 Å². The maximum atomic E-state index is 12.7. The molecule has 0 saturated heterocycles. The Labute approximate surface area is 344 Å². The Morgan fingerprint density at radius 2 is 1.00 bits per heavy atom. The molecular formula is C45H78NO10P. The zero-order chi connectivity index (χ0) is 41.9. The first-order valence-electron chi connectivity index (χ1n) is 22.2. The number of phosphoric ester groups is 1. The van der Waals surface area contributed by atoms with E-state index in [2.05, 4.69) is 41.5 Å². The number of esters is 2. The van der Waals surface area contributed by atoms with Crippen molar-refractivity contribution in [3.8, 4) is 0 Å². The molecule has 2 aromatic rings. The molecule has 0 radical (unpaired) electrons. The van der Waals surface area contributed by atoms with E-state index in [9.17, 15) is 19.0 Å². The van der Waals surface area contributed by atoms with Gasteiger partial charge in [0.2, 0.25) is 0 Å². The Bertz CT molecular complexity index is 1450. The van der Waals surface area contributed by atoms with Crippen molar-refractivity contribution < 1.29 is 46.4 Å².